The fraction of sp³-hybridized carbons (Fsp3) is 0.286. The summed E-state index contributed by atoms with van der Waals surface area (Å²) in [6, 6.07) is 15.1. The number of benzene rings is 2. The van der Waals surface area contributed by atoms with Gasteiger partial charge < -0.3 is 19.5 Å². The Morgan fingerprint density at radius 1 is 1.24 bits per heavy atom. The number of hydrogen-bond acceptors (Lipinski definition) is 6. The van der Waals surface area contributed by atoms with Crippen molar-refractivity contribution in [2.45, 2.75) is 12.8 Å². The lowest BCUT2D eigenvalue weighted by Crippen LogP contribution is -2.41. The summed E-state index contributed by atoms with van der Waals surface area (Å²) in [5, 5.41) is 7.52. The number of para-hydroxylation sites is 1. The average Bonchev–Trinajstić information content (AvgIpc) is 3.26. The normalized spacial score (nSPS) is 16.5. The number of ether oxygens (including phenoxy) is 1. The number of nitrogens with zero attached hydrogens (tertiary/aromatic N) is 3. The molecule has 0 spiro atoms. The van der Waals surface area contributed by atoms with Crippen molar-refractivity contribution in [3.8, 4) is 17.1 Å². The Kier molecular flexibility index (Phi) is 5.67. The van der Waals surface area contributed by atoms with E-state index in [4.69, 9.17) is 20.9 Å². The number of hydrogen-bond donors (Lipinski definition) is 1. The summed E-state index contributed by atoms with van der Waals surface area (Å²) >= 11 is 6.15. The van der Waals surface area contributed by atoms with Gasteiger partial charge in [-0.2, -0.15) is 4.98 Å². The molecule has 3 aromatic rings. The molecule has 8 heteroatoms. The summed E-state index contributed by atoms with van der Waals surface area (Å²) in [6.45, 7) is 1.28. The van der Waals surface area contributed by atoms with Crippen LogP contribution < -0.4 is 15.0 Å². The number of halogens is 1. The van der Waals surface area contributed by atoms with Crippen molar-refractivity contribution < 1.29 is 14.1 Å². The van der Waals surface area contributed by atoms with Crippen LogP contribution in [0.5, 0.6) is 5.75 Å². The Morgan fingerprint density at radius 3 is 2.79 bits per heavy atom. The monoisotopic (exact) mass is 412 g/mol. The number of aromatic nitrogens is 2. The van der Waals surface area contributed by atoms with Crippen molar-refractivity contribution >= 4 is 29.2 Å². The molecule has 1 unspecified atom stereocenters. The number of rotatable bonds is 5. The van der Waals surface area contributed by atoms with E-state index in [1.54, 1.807) is 19.2 Å². The highest BCUT2D eigenvalue weighted by molar-refractivity contribution is 6.33. The quantitative estimate of drug-likeness (QED) is 0.674. The van der Waals surface area contributed by atoms with Crippen LogP contribution in [-0.4, -0.2) is 36.2 Å². The minimum absolute atomic E-state index is 0.0577. The van der Waals surface area contributed by atoms with Crippen molar-refractivity contribution in [2.24, 2.45) is 5.92 Å². The van der Waals surface area contributed by atoms with E-state index >= 15 is 0 Å². The van der Waals surface area contributed by atoms with Gasteiger partial charge in [-0.05, 0) is 49.2 Å². The van der Waals surface area contributed by atoms with E-state index in [1.807, 2.05) is 41.3 Å². The van der Waals surface area contributed by atoms with Crippen molar-refractivity contribution in [1.82, 2.24) is 10.1 Å². The second-order valence-electron chi connectivity index (χ2n) is 6.88. The molecule has 2 heterocycles. The maximum Gasteiger partial charge on any atom is 0.324 e. The van der Waals surface area contributed by atoms with E-state index in [2.05, 4.69) is 15.5 Å². The zero-order chi connectivity index (χ0) is 20.2. The van der Waals surface area contributed by atoms with Gasteiger partial charge in [0.1, 0.15) is 5.75 Å². The lowest BCUT2D eigenvalue weighted by molar-refractivity contribution is -0.120. The topological polar surface area (TPSA) is 80.5 Å². The Bertz CT molecular complexity index is 990. The van der Waals surface area contributed by atoms with Crippen LogP contribution in [0.25, 0.3) is 11.4 Å². The fourth-order valence-electron chi connectivity index (χ4n) is 3.36. The van der Waals surface area contributed by atoms with Crippen LogP contribution in [0, 0.1) is 5.92 Å². The van der Waals surface area contributed by atoms with Crippen LogP contribution in [0.3, 0.4) is 0 Å². The predicted octanol–water partition coefficient (Wildman–Crippen LogP) is 4.25. The zero-order valence-corrected chi connectivity index (χ0v) is 16.7. The molecule has 1 amide bonds. The largest absolute Gasteiger partial charge is 0.497 e. The van der Waals surface area contributed by atoms with Gasteiger partial charge in [0, 0.05) is 18.7 Å². The molecular formula is C21H21ClN4O3. The first-order valence-corrected chi connectivity index (χ1v) is 9.80. The Balaban J connectivity index is 1.44. The standard InChI is InChI=1S/C21H21ClN4O3/c1-28-16-10-8-14(9-11-16)19-24-21(29-25-19)26-12-4-5-15(13-26)20(27)23-18-7-3-2-6-17(18)22/h2-3,6-11,15H,4-5,12-13H2,1H3,(H,23,27). The maximum atomic E-state index is 12.7. The molecule has 1 saturated heterocycles. The molecule has 0 radical (unpaired) electrons. The highest BCUT2D eigenvalue weighted by Crippen LogP contribution is 2.27. The Hall–Kier alpha value is -3.06. The molecular weight excluding hydrogens is 392 g/mol. The van der Waals surface area contributed by atoms with Gasteiger partial charge >= 0.3 is 6.01 Å². The molecule has 1 atom stereocenters. The molecule has 2 aromatic carbocycles. The number of amides is 1. The summed E-state index contributed by atoms with van der Waals surface area (Å²) in [4.78, 5) is 19.2. The molecule has 4 rings (SSSR count). The third kappa shape index (κ3) is 4.35. The lowest BCUT2D eigenvalue weighted by atomic mass is 9.97. The highest BCUT2D eigenvalue weighted by Gasteiger charge is 2.29. The van der Waals surface area contributed by atoms with Gasteiger partial charge in [0.05, 0.1) is 23.7 Å². The van der Waals surface area contributed by atoms with Crippen molar-refractivity contribution in [2.75, 3.05) is 30.4 Å². The molecule has 29 heavy (non-hydrogen) atoms. The van der Waals surface area contributed by atoms with Crippen molar-refractivity contribution in [3.05, 3.63) is 53.6 Å². The van der Waals surface area contributed by atoms with Gasteiger partial charge in [-0.3, -0.25) is 4.79 Å². The number of piperidine rings is 1. The highest BCUT2D eigenvalue weighted by atomic mass is 35.5. The van der Waals surface area contributed by atoms with Crippen LogP contribution in [0.1, 0.15) is 12.8 Å². The van der Waals surface area contributed by atoms with Gasteiger partial charge in [-0.15, -0.1) is 0 Å². The molecule has 1 aromatic heterocycles. The molecule has 150 valence electrons. The molecule has 1 aliphatic heterocycles. The number of carbonyl (C=O) groups excluding carboxylic acids is 1. The van der Waals surface area contributed by atoms with E-state index < -0.39 is 0 Å². The molecule has 1 N–H and O–H groups in total. The first-order chi connectivity index (χ1) is 14.1. The number of carbonyl (C=O) groups is 1. The maximum absolute atomic E-state index is 12.7. The van der Waals surface area contributed by atoms with E-state index in [0.717, 1.165) is 30.7 Å². The Morgan fingerprint density at radius 2 is 2.03 bits per heavy atom. The molecule has 0 aliphatic carbocycles. The van der Waals surface area contributed by atoms with E-state index in [-0.39, 0.29) is 11.8 Å². The van der Waals surface area contributed by atoms with Crippen LogP contribution in [-0.2, 0) is 4.79 Å². The minimum Gasteiger partial charge on any atom is -0.497 e. The summed E-state index contributed by atoms with van der Waals surface area (Å²) in [6.07, 6.45) is 1.66. The molecule has 1 aliphatic rings. The van der Waals surface area contributed by atoms with E-state index in [9.17, 15) is 4.79 Å². The molecule has 1 fully saturated rings. The van der Waals surface area contributed by atoms with Gasteiger partial charge in [0.15, 0.2) is 0 Å². The second-order valence-corrected chi connectivity index (χ2v) is 7.29. The summed E-state index contributed by atoms with van der Waals surface area (Å²) in [7, 11) is 1.62. The predicted molar refractivity (Wildman–Crippen MR) is 111 cm³/mol. The van der Waals surface area contributed by atoms with Gasteiger partial charge in [-0.1, -0.05) is 28.9 Å². The lowest BCUT2D eigenvalue weighted by Gasteiger charge is -2.30. The Labute approximate surface area is 173 Å². The average molecular weight is 413 g/mol. The SMILES string of the molecule is COc1ccc(-c2noc(N3CCCC(C(=O)Nc4ccccc4Cl)C3)n2)cc1. The fourth-order valence-corrected chi connectivity index (χ4v) is 3.55. The number of methoxy groups -OCH3 is 1. The number of nitrogens with one attached hydrogen (secondary N) is 1. The van der Waals surface area contributed by atoms with Gasteiger partial charge in [-0.25, -0.2) is 0 Å². The van der Waals surface area contributed by atoms with Crippen LogP contribution in [0.4, 0.5) is 11.7 Å². The van der Waals surface area contributed by atoms with E-state index in [1.165, 1.54) is 0 Å². The van der Waals surface area contributed by atoms with Gasteiger partial charge in [0.25, 0.3) is 0 Å². The molecule has 7 nitrogen and oxygen atoms in total. The number of anilines is 2. The van der Waals surface area contributed by atoms with Crippen molar-refractivity contribution in [1.29, 1.82) is 0 Å². The first kappa shape index (κ1) is 19.3. The summed E-state index contributed by atoms with van der Waals surface area (Å²) in [5.74, 6) is 1.03. The second kappa shape index (κ2) is 8.53. The smallest absolute Gasteiger partial charge is 0.324 e. The van der Waals surface area contributed by atoms with Gasteiger partial charge in [0.2, 0.25) is 11.7 Å². The van der Waals surface area contributed by atoms with Crippen molar-refractivity contribution in [3.63, 3.8) is 0 Å². The third-order valence-electron chi connectivity index (χ3n) is 4.96. The van der Waals surface area contributed by atoms with Crippen LogP contribution in [0.2, 0.25) is 5.02 Å². The molecule has 0 bridgehead atoms. The minimum atomic E-state index is -0.184. The summed E-state index contributed by atoms with van der Waals surface area (Å²) in [5.41, 5.74) is 1.46. The first-order valence-electron chi connectivity index (χ1n) is 9.42. The molecule has 0 saturated carbocycles. The van der Waals surface area contributed by atoms with E-state index in [0.29, 0.717) is 29.1 Å². The van der Waals surface area contributed by atoms with Crippen LogP contribution in [0.15, 0.2) is 53.1 Å². The summed E-state index contributed by atoms with van der Waals surface area (Å²) < 4.78 is 10.6. The van der Waals surface area contributed by atoms with Crippen LogP contribution >= 0.6 is 11.6 Å². The third-order valence-corrected chi connectivity index (χ3v) is 5.29. The zero-order valence-electron chi connectivity index (χ0n) is 16.0.